The van der Waals surface area contributed by atoms with Crippen molar-refractivity contribution in [3.8, 4) is 0 Å². The van der Waals surface area contributed by atoms with Crippen molar-refractivity contribution < 1.29 is 22.8 Å². The molecule has 110 valence electrons. The van der Waals surface area contributed by atoms with E-state index < -0.39 is 30.5 Å². The lowest BCUT2D eigenvalue weighted by Crippen LogP contribution is -2.38. The van der Waals surface area contributed by atoms with Crippen LogP contribution in [0.4, 0.5) is 13.2 Å². The molecule has 2 unspecified atom stereocenters. The zero-order chi connectivity index (χ0) is 14.6. The van der Waals surface area contributed by atoms with Crippen molar-refractivity contribution >= 4 is 11.8 Å². The maximum Gasteiger partial charge on any atom is 0.406 e. The number of carbonyl (C=O) groups is 2. The second kappa shape index (κ2) is 6.23. The molecular formula is C11H18F3N3O2. The van der Waals surface area contributed by atoms with Crippen LogP contribution in [0.2, 0.25) is 0 Å². The molecule has 0 saturated carbocycles. The van der Waals surface area contributed by atoms with Gasteiger partial charge in [0.15, 0.2) is 0 Å². The fraction of sp³-hybridized carbons (Fsp3) is 0.818. The van der Waals surface area contributed by atoms with E-state index in [0.717, 1.165) is 0 Å². The first-order chi connectivity index (χ1) is 8.69. The van der Waals surface area contributed by atoms with Crippen LogP contribution < -0.4 is 11.1 Å². The summed E-state index contributed by atoms with van der Waals surface area (Å²) in [7, 11) is 0. The smallest absolute Gasteiger partial charge is 0.356 e. The zero-order valence-electron chi connectivity index (χ0n) is 10.7. The summed E-state index contributed by atoms with van der Waals surface area (Å²) in [5, 5.41) is 2.58. The third kappa shape index (κ3) is 5.46. The SMILES string of the molecule is CC(N)CCNC(=O)C1CC(=O)N(CC(F)(F)F)C1. The lowest BCUT2D eigenvalue weighted by atomic mass is 10.1. The molecule has 1 saturated heterocycles. The van der Waals surface area contributed by atoms with Gasteiger partial charge in [-0.2, -0.15) is 13.2 Å². The highest BCUT2D eigenvalue weighted by molar-refractivity contribution is 5.89. The second-order valence-corrected chi connectivity index (χ2v) is 4.85. The number of hydrogen-bond acceptors (Lipinski definition) is 3. The summed E-state index contributed by atoms with van der Waals surface area (Å²) < 4.78 is 36.6. The highest BCUT2D eigenvalue weighted by atomic mass is 19.4. The van der Waals surface area contributed by atoms with Gasteiger partial charge >= 0.3 is 6.18 Å². The molecular weight excluding hydrogens is 263 g/mol. The number of likely N-dealkylation sites (tertiary alicyclic amines) is 1. The summed E-state index contributed by atoms with van der Waals surface area (Å²) in [6, 6.07) is -0.0627. The van der Waals surface area contributed by atoms with E-state index in [-0.39, 0.29) is 19.0 Å². The van der Waals surface area contributed by atoms with Gasteiger partial charge in [-0.15, -0.1) is 0 Å². The molecule has 0 radical (unpaired) electrons. The molecule has 1 rings (SSSR count). The Hall–Kier alpha value is -1.31. The maximum absolute atomic E-state index is 12.2. The molecule has 1 aliphatic rings. The van der Waals surface area contributed by atoms with Crippen molar-refractivity contribution in [2.45, 2.75) is 32.0 Å². The minimum Gasteiger partial charge on any atom is -0.356 e. The van der Waals surface area contributed by atoms with E-state index >= 15 is 0 Å². The molecule has 2 amide bonds. The maximum atomic E-state index is 12.2. The largest absolute Gasteiger partial charge is 0.406 e. The molecule has 3 N–H and O–H groups in total. The van der Waals surface area contributed by atoms with Crippen LogP contribution in [0.5, 0.6) is 0 Å². The first kappa shape index (κ1) is 15.7. The first-order valence-corrected chi connectivity index (χ1v) is 6.07. The summed E-state index contributed by atoms with van der Waals surface area (Å²) in [5.74, 6) is -1.73. The third-order valence-electron chi connectivity index (χ3n) is 2.85. The van der Waals surface area contributed by atoms with Crippen molar-refractivity contribution in [1.29, 1.82) is 0 Å². The zero-order valence-corrected chi connectivity index (χ0v) is 10.7. The molecule has 0 aliphatic carbocycles. The van der Waals surface area contributed by atoms with Crippen molar-refractivity contribution in [3.63, 3.8) is 0 Å². The normalized spacial score (nSPS) is 21.6. The molecule has 1 fully saturated rings. The van der Waals surface area contributed by atoms with E-state index in [2.05, 4.69) is 5.32 Å². The number of nitrogens with zero attached hydrogens (tertiary/aromatic N) is 1. The van der Waals surface area contributed by atoms with Gasteiger partial charge in [0.25, 0.3) is 0 Å². The van der Waals surface area contributed by atoms with Crippen LogP contribution in [0.25, 0.3) is 0 Å². The van der Waals surface area contributed by atoms with E-state index in [0.29, 0.717) is 17.9 Å². The van der Waals surface area contributed by atoms with Crippen LogP contribution in [-0.2, 0) is 9.59 Å². The summed E-state index contributed by atoms with van der Waals surface area (Å²) in [4.78, 5) is 23.7. The van der Waals surface area contributed by atoms with E-state index in [1.165, 1.54) is 0 Å². The van der Waals surface area contributed by atoms with Gasteiger partial charge in [-0.3, -0.25) is 9.59 Å². The van der Waals surface area contributed by atoms with Crippen molar-refractivity contribution in [2.75, 3.05) is 19.6 Å². The summed E-state index contributed by atoms with van der Waals surface area (Å²) >= 11 is 0. The number of carbonyl (C=O) groups excluding carboxylic acids is 2. The number of rotatable bonds is 5. The Balaban J connectivity index is 2.41. The number of alkyl halides is 3. The van der Waals surface area contributed by atoms with E-state index in [4.69, 9.17) is 5.73 Å². The standard InChI is InChI=1S/C11H18F3N3O2/c1-7(15)2-3-16-10(19)8-4-9(18)17(5-8)6-11(12,13)14/h7-8H,2-6,15H2,1H3,(H,16,19). The monoisotopic (exact) mass is 281 g/mol. The van der Waals surface area contributed by atoms with Crippen molar-refractivity contribution in [2.24, 2.45) is 11.7 Å². The number of nitrogens with two attached hydrogens (primary N) is 1. The van der Waals surface area contributed by atoms with Crippen LogP contribution in [-0.4, -0.2) is 48.6 Å². The van der Waals surface area contributed by atoms with Crippen molar-refractivity contribution in [3.05, 3.63) is 0 Å². The van der Waals surface area contributed by atoms with Crippen LogP contribution in [0.3, 0.4) is 0 Å². The number of hydrogen-bond donors (Lipinski definition) is 2. The van der Waals surface area contributed by atoms with E-state index in [1.54, 1.807) is 6.92 Å². The molecule has 0 spiro atoms. The van der Waals surface area contributed by atoms with Crippen LogP contribution in [0.15, 0.2) is 0 Å². The molecule has 1 heterocycles. The van der Waals surface area contributed by atoms with E-state index in [1.807, 2.05) is 0 Å². The molecule has 19 heavy (non-hydrogen) atoms. The van der Waals surface area contributed by atoms with Crippen LogP contribution in [0, 0.1) is 5.92 Å². The Morgan fingerprint density at radius 1 is 1.58 bits per heavy atom. The van der Waals surface area contributed by atoms with Gasteiger partial charge in [-0.1, -0.05) is 0 Å². The average molecular weight is 281 g/mol. The number of nitrogens with one attached hydrogen (secondary N) is 1. The topological polar surface area (TPSA) is 75.4 Å². The Morgan fingerprint density at radius 3 is 2.74 bits per heavy atom. The Kier molecular flexibility index (Phi) is 5.16. The highest BCUT2D eigenvalue weighted by Gasteiger charge is 2.40. The highest BCUT2D eigenvalue weighted by Crippen LogP contribution is 2.23. The van der Waals surface area contributed by atoms with Gasteiger partial charge in [0.2, 0.25) is 11.8 Å². The second-order valence-electron chi connectivity index (χ2n) is 4.85. The predicted octanol–water partition coefficient (Wildman–Crippen LogP) is 0.251. The number of halogens is 3. The molecule has 2 atom stereocenters. The summed E-state index contributed by atoms with van der Waals surface area (Å²) in [6.07, 6.45) is -4.02. The molecule has 0 aromatic carbocycles. The summed E-state index contributed by atoms with van der Waals surface area (Å²) in [6.45, 7) is 0.675. The van der Waals surface area contributed by atoms with Crippen LogP contribution >= 0.6 is 0 Å². The van der Waals surface area contributed by atoms with Gasteiger partial charge in [-0.05, 0) is 13.3 Å². The molecule has 0 aromatic heterocycles. The quantitative estimate of drug-likeness (QED) is 0.758. The van der Waals surface area contributed by atoms with Crippen molar-refractivity contribution in [1.82, 2.24) is 10.2 Å². The van der Waals surface area contributed by atoms with Gasteiger partial charge in [0, 0.05) is 25.6 Å². The van der Waals surface area contributed by atoms with Gasteiger partial charge in [-0.25, -0.2) is 0 Å². The lowest BCUT2D eigenvalue weighted by molar-refractivity contribution is -0.157. The minimum atomic E-state index is -4.43. The van der Waals surface area contributed by atoms with Gasteiger partial charge < -0.3 is 16.0 Å². The Labute approximate surface area is 109 Å². The first-order valence-electron chi connectivity index (χ1n) is 6.07. The van der Waals surface area contributed by atoms with Crippen LogP contribution in [0.1, 0.15) is 19.8 Å². The minimum absolute atomic E-state index is 0.0627. The number of amides is 2. The molecule has 8 heteroatoms. The fourth-order valence-electron chi connectivity index (χ4n) is 1.88. The van der Waals surface area contributed by atoms with Gasteiger partial charge in [0.05, 0.1) is 5.92 Å². The third-order valence-corrected chi connectivity index (χ3v) is 2.85. The summed E-state index contributed by atoms with van der Waals surface area (Å²) in [5.41, 5.74) is 5.51. The van der Waals surface area contributed by atoms with Gasteiger partial charge in [0.1, 0.15) is 6.54 Å². The van der Waals surface area contributed by atoms with E-state index in [9.17, 15) is 22.8 Å². The molecule has 0 bridgehead atoms. The Bertz CT molecular complexity index is 345. The molecule has 0 aromatic rings. The Morgan fingerprint density at radius 2 is 2.21 bits per heavy atom. The average Bonchev–Trinajstić information content (AvgIpc) is 2.57. The molecule has 1 aliphatic heterocycles. The lowest BCUT2D eigenvalue weighted by Gasteiger charge is -2.18. The molecule has 5 nitrogen and oxygen atoms in total. The predicted molar refractivity (Wildman–Crippen MR) is 62.0 cm³/mol. The fourth-order valence-corrected chi connectivity index (χ4v) is 1.88.